The van der Waals surface area contributed by atoms with Crippen molar-refractivity contribution in [1.82, 2.24) is 10.3 Å². The number of ether oxygens (including phenoxy) is 1. The number of methoxy groups -OCH3 is 1. The van der Waals surface area contributed by atoms with Crippen LogP contribution in [0.4, 0.5) is 0 Å². The molecule has 0 aromatic heterocycles. The van der Waals surface area contributed by atoms with Crippen LogP contribution in [0.5, 0.6) is 17.2 Å². The molecule has 2 aromatic carbocycles. The molecule has 180 valence electrons. The molecule has 4 N–H and O–H groups in total. The summed E-state index contributed by atoms with van der Waals surface area (Å²) in [5.41, 5.74) is 2.55. The van der Waals surface area contributed by atoms with E-state index in [0.29, 0.717) is 22.8 Å². The number of amidine groups is 1. The van der Waals surface area contributed by atoms with Gasteiger partial charge in [0.25, 0.3) is 0 Å². The molecule has 7 nitrogen and oxygen atoms in total. The summed E-state index contributed by atoms with van der Waals surface area (Å²) in [7, 11) is 1.58. The number of nitrogens with one attached hydrogen (secondary N) is 2. The molecule has 1 atom stereocenters. The Balaban J connectivity index is 2.54. The van der Waals surface area contributed by atoms with Crippen molar-refractivity contribution in [3.8, 4) is 28.4 Å². The summed E-state index contributed by atoms with van der Waals surface area (Å²) in [5, 5.41) is 39.2. The fraction of sp³-hybridized carbons (Fsp3) is 0.462. The highest BCUT2D eigenvalue weighted by Crippen LogP contribution is 2.41. The lowest BCUT2D eigenvalue weighted by atomic mass is 9.94. The Morgan fingerprint density at radius 2 is 1.85 bits per heavy atom. The second-order valence-corrected chi connectivity index (χ2v) is 8.42. The summed E-state index contributed by atoms with van der Waals surface area (Å²) in [6.07, 6.45) is 2.56. The normalized spacial score (nSPS) is 11.9. The van der Waals surface area contributed by atoms with Gasteiger partial charge in [0, 0.05) is 23.9 Å². The largest absolute Gasteiger partial charge is 0.507 e. The number of nitrogens with zero attached hydrogens (tertiary/aromatic N) is 2. The smallest absolute Gasteiger partial charge is 0.152 e. The minimum absolute atomic E-state index is 0.0329. The van der Waals surface area contributed by atoms with Crippen molar-refractivity contribution in [1.29, 1.82) is 5.41 Å². The van der Waals surface area contributed by atoms with E-state index in [4.69, 9.17) is 10.1 Å². The molecule has 0 amide bonds. The maximum atomic E-state index is 10.7. The van der Waals surface area contributed by atoms with E-state index >= 15 is 0 Å². The van der Waals surface area contributed by atoms with E-state index in [1.54, 1.807) is 18.2 Å². The Kier molecular flexibility index (Phi) is 9.73. The van der Waals surface area contributed by atoms with E-state index in [0.717, 1.165) is 37.9 Å². The van der Waals surface area contributed by atoms with Gasteiger partial charge in [-0.3, -0.25) is 5.41 Å². The predicted molar refractivity (Wildman–Crippen MR) is 136 cm³/mol. The van der Waals surface area contributed by atoms with Crippen LogP contribution in [0.2, 0.25) is 0 Å². The van der Waals surface area contributed by atoms with Crippen LogP contribution in [-0.2, 0) is 0 Å². The van der Waals surface area contributed by atoms with Gasteiger partial charge in [-0.05, 0) is 55.6 Å². The number of benzene rings is 2. The molecule has 0 saturated carbocycles. The lowest BCUT2D eigenvalue weighted by molar-refractivity contribution is 0.287. The molecule has 0 aliphatic carbocycles. The summed E-state index contributed by atoms with van der Waals surface area (Å²) in [6, 6.07) is 8.71. The first-order chi connectivity index (χ1) is 15.8. The van der Waals surface area contributed by atoms with Gasteiger partial charge in [-0.15, -0.1) is 0 Å². The van der Waals surface area contributed by atoms with Gasteiger partial charge in [0.1, 0.15) is 17.2 Å². The van der Waals surface area contributed by atoms with Gasteiger partial charge >= 0.3 is 0 Å². The zero-order chi connectivity index (χ0) is 24.5. The number of hydrogen-bond donors (Lipinski definition) is 4. The fourth-order valence-electron chi connectivity index (χ4n) is 3.94. The van der Waals surface area contributed by atoms with Gasteiger partial charge in [-0.2, -0.15) is 5.10 Å². The maximum absolute atomic E-state index is 10.7. The molecule has 1 unspecified atom stereocenters. The van der Waals surface area contributed by atoms with E-state index in [2.05, 4.69) is 44.8 Å². The van der Waals surface area contributed by atoms with Gasteiger partial charge in [-0.25, -0.2) is 5.01 Å². The molecule has 0 aliphatic rings. The molecule has 0 aliphatic heterocycles. The third-order valence-corrected chi connectivity index (χ3v) is 5.80. The number of phenolic OH excluding ortho intramolecular Hbond substituents is 2. The lowest BCUT2D eigenvalue weighted by Gasteiger charge is -2.29. The number of phenols is 2. The van der Waals surface area contributed by atoms with Crippen molar-refractivity contribution in [3.63, 3.8) is 0 Å². The topological polar surface area (TPSA) is 101 Å². The average molecular weight is 455 g/mol. The van der Waals surface area contributed by atoms with Crippen LogP contribution in [0, 0.1) is 5.41 Å². The Morgan fingerprint density at radius 1 is 1.12 bits per heavy atom. The molecular formula is C26H38N4O3. The first kappa shape index (κ1) is 26.2. The van der Waals surface area contributed by atoms with Gasteiger partial charge in [0.2, 0.25) is 0 Å². The molecule has 7 heteroatoms. The van der Waals surface area contributed by atoms with Crippen LogP contribution >= 0.6 is 0 Å². The van der Waals surface area contributed by atoms with E-state index < -0.39 is 0 Å². The maximum Gasteiger partial charge on any atom is 0.152 e. The molecule has 33 heavy (non-hydrogen) atoms. The molecule has 0 fully saturated rings. The highest BCUT2D eigenvalue weighted by atomic mass is 16.5. The van der Waals surface area contributed by atoms with Gasteiger partial charge in [-0.1, -0.05) is 40.2 Å². The van der Waals surface area contributed by atoms with Gasteiger partial charge in [0.05, 0.1) is 18.7 Å². The minimum atomic E-state index is -0.184. The molecule has 2 aromatic rings. The van der Waals surface area contributed by atoms with Crippen LogP contribution in [0.15, 0.2) is 35.4 Å². The lowest BCUT2D eigenvalue weighted by Crippen LogP contribution is -2.38. The summed E-state index contributed by atoms with van der Waals surface area (Å²) >= 11 is 0. The fourth-order valence-corrected chi connectivity index (χ4v) is 3.94. The Bertz CT molecular complexity index is 959. The highest BCUT2D eigenvalue weighted by molar-refractivity contribution is 6.01. The number of hydrogen-bond acceptors (Lipinski definition) is 6. The summed E-state index contributed by atoms with van der Waals surface area (Å²) in [5.74, 6) is 0.664. The van der Waals surface area contributed by atoms with E-state index in [1.165, 1.54) is 6.07 Å². The SMILES string of the molecule is C=NN(C(=N)c1cc(-c2cc(C(C)C)ccc2OC)c(O)cc1O)C(CCC)CCNCC. The molecule has 0 spiro atoms. The van der Waals surface area contributed by atoms with Crippen molar-refractivity contribution in [2.24, 2.45) is 5.10 Å². The van der Waals surface area contributed by atoms with Crippen LogP contribution in [0.3, 0.4) is 0 Å². The first-order valence-corrected chi connectivity index (χ1v) is 11.6. The molecular weight excluding hydrogens is 416 g/mol. The van der Waals surface area contributed by atoms with E-state index in [9.17, 15) is 10.2 Å². The van der Waals surface area contributed by atoms with Gasteiger partial charge < -0.3 is 20.3 Å². The second kappa shape index (κ2) is 12.3. The molecule has 2 rings (SSSR count). The summed E-state index contributed by atoms with van der Waals surface area (Å²) in [6.45, 7) is 13.7. The summed E-state index contributed by atoms with van der Waals surface area (Å²) < 4.78 is 5.54. The molecule has 0 saturated heterocycles. The number of hydrazone groups is 1. The quantitative estimate of drug-likeness (QED) is 0.151. The molecule has 0 heterocycles. The van der Waals surface area contributed by atoms with Crippen molar-refractivity contribution in [2.45, 2.75) is 58.9 Å². The number of aromatic hydroxyl groups is 2. The summed E-state index contributed by atoms with van der Waals surface area (Å²) in [4.78, 5) is 0. The highest BCUT2D eigenvalue weighted by Gasteiger charge is 2.25. The molecule has 0 bridgehead atoms. The standard InChI is InChI=1S/C26H38N4O3/c1-7-9-19(12-13-29-8-2)30(28-5)26(27)22-15-20(23(31)16-24(22)32)21-14-18(17(3)4)10-11-25(21)33-6/h10-11,14-17,19,27,29,31-32H,5,7-9,12-13H2,1-4,6H3. The number of rotatable bonds is 12. The van der Waals surface area contributed by atoms with Crippen molar-refractivity contribution in [3.05, 3.63) is 41.5 Å². The van der Waals surface area contributed by atoms with E-state index in [1.807, 2.05) is 18.2 Å². The van der Waals surface area contributed by atoms with Crippen molar-refractivity contribution < 1.29 is 14.9 Å². The van der Waals surface area contributed by atoms with Crippen LogP contribution in [-0.4, -0.2) is 54.0 Å². The minimum Gasteiger partial charge on any atom is -0.507 e. The van der Waals surface area contributed by atoms with Crippen LogP contribution in [0.1, 0.15) is 64.0 Å². The third-order valence-electron chi connectivity index (χ3n) is 5.80. The Hall–Kier alpha value is -3.06. The molecule has 0 radical (unpaired) electrons. The third kappa shape index (κ3) is 6.26. The second-order valence-electron chi connectivity index (χ2n) is 8.42. The first-order valence-electron chi connectivity index (χ1n) is 11.6. The van der Waals surface area contributed by atoms with Crippen molar-refractivity contribution >= 4 is 12.6 Å². The zero-order valence-electron chi connectivity index (χ0n) is 20.5. The Morgan fingerprint density at radius 3 is 2.42 bits per heavy atom. The zero-order valence-corrected chi connectivity index (χ0v) is 20.5. The Labute approximate surface area is 197 Å². The average Bonchev–Trinajstić information content (AvgIpc) is 2.79. The van der Waals surface area contributed by atoms with Crippen LogP contribution < -0.4 is 10.1 Å². The predicted octanol–water partition coefficient (Wildman–Crippen LogP) is 5.31. The van der Waals surface area contributed by atoms with Crippen LogP contribution in [0.25, 0.3) is 11.1 Å². The van der Waals surface area contributed by atoms with Crippen molar-refractivity contribution in [2.75, 3.05) is 20.2 Å². The monoisotopic (exact) mass is 454 g/mol. The van der Waals surface area contributed by atoms with E-state index in [-0.39, 0.29) is 28.9 Å². The van der Waals surface area contributed by atoms with Gasteiger partial charge in [0.15, 0.2) is 5.84 Å².